The normalized spacial score (nSPS) is 15.3. The van der Waals surface area contributed by atoms with Gasteiger partial charge in [-0.1, -0.05) is 34.5 Å². The molecule has 2 aromatic carbocycles. The maximum absolute atomic E-state index is 14.2. The first-order chi connectivity index (χ1) is 13.8. The van der Waals surface area contributed by atoms with Crippen molar-refractivity contribution in [1.29, 1.82) is 0 Å². The topological polar surface area (TPSA) is 57.7 Å². The molecule has 0 bridgehead atoms. The number of amides is 1. The molecule has 0 atom stereocenters. The molecule has 1 amide bonds. The van der Waals surface area contributed by atoms with Gasteiger partial charge in [-0.3, -0.25) is 4.79 Å². The number of hydrogen-bond acceptors (Lipinski definition) is 3. The Morgan fingerprint density at radius 3 is 2.52 bits per heavy atom. The van der Waals surface area contributed by atoms with Gasteiger partial charge in [0.1, 0.15) is 5.82 Å². The van der Waals surface area contributed by atoms with Gasteiger partial charge < -0.3 is 4.90 Å². The smallest absolute Gasteiger partial charge is 0.255 e. The molecule has 0 spiro atoms. The molecule has 0 radical (unpaired) electrons. The van der Waals surface area contributed by atoms with Gasteiger partial charge in [0.25, 0.3) is 5.91 Å². The van der Waals surface area contributed by atoms with Crippen LogP contribution in [0.25, 0.3) is 0 Å². The summed E-state index contributed by atoms with van der Waals surface area (Å²) in [5.74, 6) is -0.836. The largest absolute Gasteiger partial charge is 0.334 e. The van der Waals surface area contributed by atoms with E-state index in [0.29, 0.717) is 29.7 Å². The van der Waals surface area contributed by atoms with Crippen molar-refractivity contribution in [3.63, 3.8) is 0 Å². The number of piperidine rings is 1. The van der Waals surface area contributed by atoms with Crippen LogP contribution in [0.2, 0.25) is 0 Å². The van der Waals surface area contributed by atoms with E-state index in [1.807, 2.05) is 0 Å². The number of sulfonamides is 1. The van der Waals surface area contributed by atoms with Crippen molar-refractivity contribution in [1.82, 2.24) is 9.21 Å². The average molecular weight is 483 g/mol. The molecular formula is C21H24BrFN2O3S. The number of carbonyl (C=O) groups is 1. The number of nitrogens with zero attached hydrogens (tertiary/aromatic N) is 2. The van der Waals surface area contributed by atoms with Crippen LogP contribution in [0.5, 0.6) is 0 Å². The lowest BCUT2D eigenvalue weighted by atomic mass is 10.1. The standard InChI is InChI=1S/C21H24BrFN2O3S/c1-2-24(15-16-14-17(22)10-11-19(16)23)21(26)18-8-4-5-9-20(18)29(27,28)25-12-6-3-7-13-25/h4-5,8-11,14H,2-3,6-7,12-13,15H2,1H3. The molecule has 1 heterocycles. The Morgan fingerprint density at radius 1 is 1.14 bits per heavy atom. The molecule has 0 saturated carbocycles. The zero-order valence-corrected chi connectivity index (χ0v) is 18.7. The molecule has 1 aliphatic heterocycles. The van der Waals surface area contributed by atoms with Crippen molar-refractivity contribution in [3.05, 3.63) is 63.9 Å². The van der Waals surface area contributed by atoms with Crippen molar-refractivity contribution in [3.8, 4) is 0 Å². The van der Waals surface area contributed by atoms with Crippen LogP contribution in [0.3, 0.4) is 0 Å². The maximum Gasteiger partial charge on any atom is 0.255 e. The van der Waals surface area contributed by atoms with Crippen molar-refractivity contribution in [2.45, 2.75) is 37.6 Å². The molecule has 5 nitrogen and oxygen atoms in total. The fourth-order valence-corrected chi connectivity index (χ4v) is 5.59. The third-order valence-electron chi connectivity index (χ3n) is 5.09. The minimum atomic E-state index is -3.76. The summed E-state index contributed by atoms with van der Waals surface area (Å²) in [4.78, 5) is 14.7. The first kappa shape index (κ1) is 21.9. The summed E-state index contributed by atoms with van der Waals surface area (Å²) >= 11 is 3.32. The summed E-state index contributed by atoms with van der Waals surface area (Å²) < 4.78 is 42.7. The molecule has 8 heteroatoms. The Morgan fingerprint density at radius 2 is 1.83 bits per heavy atom. The maximum atomic E-state index is 14.2. The number of halogens is 2. The molecule has 1 saturated heterocycles. The van der Waals surface area contributed by atoms with Gasteiger partial charge in [-0.05, 0) is 50.1 Å². The number of carbonyl (C=O) groups excluding carboxylic acids is 1. The van der Waals surface area contributed by atoms with Crippen LogP contribution >= 0.6 is 15.9 Å². The molecule has 0 aromatic heterocycles. The Hall–Kier alpha value is -1.77. The van der Waals surface area contributed by atoms with Crippen LogP contribution in [0.4, 0.5) is 4.39 Å². The number of rotatable bonds is 6. The van der Waals surface area contributed by atoms with Crippen molar-refractivity contribution in [2.75, 3.05) is 19.6 Å². The monoisotopic (exact) mass is 482 g/mol. The summed E-state index contributed by atoms with van der Waals surface area (Å²) in [5, 5.41) is 0. The van der Waals surface area contributed by atoms with Crippen molar-refractivity contribution >= 4 is 31.9 Å². The highest BCUT2D eigenvalue weighted by Gasteiger charge is 2.31. The van der Waals surface area contributed by atoms with Gasteiger partial charge in [-0.25, -0.2) is 12.8 Å². The van der Waals surface area contributed by atoms with E-state index >= 15 is 0 Å². The van der Waals surface area contributed by atoms with E-state index in [0.717, 1.165) is 19.3 Å². The van der Waals surface area contributed by atoms with E-state index in [-0.39, 0.29) is 17.0 Å². The van der Waals surface area contributed by atoms with Gasteiger partial charge >= 0.3 is 0 Å². The van der Waals surface area contributed by atoms with Crippen LogP contribution in [0, 0.1) is 5.82 Å². The summed E-state index contributed by atoms with van der Waals surface area (Å²) in [5.41, 5.74) is 0.487. The molecule has 29 heavy (non-hydrogen) atoms. The Kier molecular flexibility index (Phi) is 7.08. The highest BCUT2D eigenvalue weighted by atomic mass is 79.9. The fraction of sp³-hybridized carbons (Fsp3) is 0.381. The van der Waals surface area contributed by atoms with E-state index in [4.69, 9.17) is 0 Å². The summed E-state index contributed by atoms with van der Waals surface area (Å²) in [7, 11) is -3.76. The van der Waals surface area contributed by atoms with Crippen LogP contribution < -0.4 is 0 Å². The van der Waals surface area contributed by atoms with E-state index in [1.54, 1.807) is 31.2 Å². The second-order valence-corrected chi connectivity index (χ2v) is 9.84. The molecule has 3 rings (SSSR count). The van der Waals surface area contributed by atoms with E-state index in [9.17, 15) is 17.6 Å². The summed E-state index contributed by atoms with van der Waals surface area (Å²) in [6.45, 7) is 3.09. The van der Waals surface area contributed by atoms with Gasteiger partial charge in [0.15, 0.2) is 0 Å². The zero-order chi connectivity index (χ0) is 21.0. The van der Waals surface area contributed by atoms with Gasteiger partial charge in [-0.15, -0.1) is 0 Å². The second-order valence-electron chi connectivity index (χ2n) is 7.02. The second kappa shape index (κ2) is 9.36. The molecule has 2 aromatic rings. The zero-order valence-electron chi connectivity index (χ0n) is 16.3. The van der Waals surface area contributed by atoms with Gasteiger partial charge in [0.2, 0.25) is 10.0 Å². The summed E-state index contributed by atoms with van der Waals surface area (Å²) in [6, 6.07) is 10.8. The number of benzene rings is 2. The predicted octanol–water partition coefficient (Wildman–Crippen LogP) is 4.43. The minimum Gasteiger partial charge on any atom is -0.334 e. The third kappa shape index (κ3) is 4.87. The Bertz CT molecular complexity index is 991. The lowest BCUT2D eigenvalue weighted by Gasteiger charge is -2.28. The fourth-order valence-electron chi connectivity index (χ4n) is 3.48. The lowest BCUT2D eigenvalue weighted by Crippen LogP contribution is -2.37. The molecule has 1 aliphatic rings. The first-order valence-electron chi connectivity index (χ1n) is 9.67. The van der Waals surface area contributed by atoms with E-state index in [1.165, 1.54) is 27.4 Å². The molecule has 156 valence electrons. The third-order valence-corrected chi connectivity index (χ3v) is 7.54. The van der Waals surface area contributed by atoms with Crippen LogP contribution in [0.15, 0.2) is 51.8 Å². The predicted molar refractivity (Wildman–Crippen MR) is 114 cm³/mol. The van der Waals surface area contributed by atoms with Crippen LogP contribution in [0.1, 0.15) is 42.1 Å². The van der Waals surface area contributed by atoms with Gasteiger partial charge in [-0.2, -0.15) is 4.31 Å². The average Bonchev–Trinajstić information content (AvgIpc) is 2.74. The Balaban J connectivity index is 1.93. The molecule has 0 unspecified atom stereocenters. The van der Waals surface area contributed by atoms with E-state index in [2.05, 4.69) is 15.9 Å². The van der Waals surface area contributed by atoms with Crippen molar-refractivity contribution in [2.24, 2.45) is 0 Å². The van der Waals surface area contributed by atoms with Crippen LogP contribution in [-0.4, -0.2) is 43.2 Å². The lowest BCUT2D eigenvalue weighted by molar-refractivity contribution is 0.0747. The first-order valence-corrected chi connectivity index (χ1v) is 11.9. The highest BCUT2D eigenvalue weighted by molar-refractivity contribution is 9.10. The minimum absolute atomic E-state index is 0.0139. The molecule has 1 fully saturated rings. The number of hydrogen-bond donors (Lipinski definition) is 0. The van der Waals surface area contributed by atoms with Gasteiger partial charge in [0.05, 0.1) is 10.5 Å². The quantitative estimate of drug-likeness (QED) is 0.611. The SMILES string of the molecule is CCN(Cc1cc(Br)ccc1F)C(=O)c1ccccc1S(=O)(=O)N1CCCCC1. The summed E-state index contributed by atoms with van der Waals surface area (Å²) in [6.07, 6.45) is 2.64. The van der Waals surface area contributed by atoms with Crippen molar-refractivity contribution < 1.29 is 17.6 Å². The van der Waals surface area contributed by atoms with Gasteiger partial charge in [0, 0.05) is 36.2 Å². The van der Waals surface area contributed by atoms with E-state index < -0.39 is 21.7 Å². The Labute approximate surface area is 179 Å². The molecule has 0 aliphatic carbocycles. The van der Waals surface area contributed by atoms with Crippen LogP contribution in [-0.2, 0) is 16.6 Å². The molecular weight excluding hydrogens is 459 g/mol. The molecule has 0 N–H and O–H groups in total. The highest BCUT2D eigenvalue weighted by Crippen LogP contribution is 2.25.